The van der Waals surface area contributed by atoms with Crippen LogP contribution in [0, 0.1) is 0 Å². The van der Waals surface area contributed by atoms with E-state index in [0.29, 0.717) is 41.2 Å². The number of phenols is 1. The molecule has 0 fully saturated rings. The third-order valence-corrected chi connectivity index (χ3v) is 4.82. The highest BCUT2D eigenvalue weighted by Gasteiger charge is 2.14. The number of nitrogens with one attached hydrogen (secondary N) is 1. The van der Waals surface area contributed by atoms with E-state index in [1.54, 1.807) is 42.5 Å². The number of fused-ring (bicyclic) bond motifs is 1. The number of carbonyl (C=O) groups excluding carboxylic acids is 1. The average Bonchev–Trinajstić information content (AvgIpc) is 3.04. The number of nitrogens with zero attached hydrogens (tertiary/aromatic N) is 4. The number of benzene rings is 2. The first-order valence-electron chi connectivity index (χ1n) is 8.59. The third kappa shape index (κ3) is 4.17. The summed E-state index contributed by atoms with van der Waals surface area (Å²) in [6, 6.07) is 11.8. The highest BCUT2D eigenvalue weighted by atomic mass is 32.2. The van der Waals surface area contributed by atoms with Crippen LogP contribution in [0.4, 0.5) is 5.69 Å². The summed E-state index contributed by atoms with van der Waals surface area (Å²) in [5, 5.41) is 24.2. The molecule has 1 aliphatic rings. The van der Waals surface area contributed by atoms with Crippen LogP contribution < -0.4 is 14.8 Å². The van der Waals surface area contributed by atoms with E-state index < -0.39 is 0 Å². The third-order valence-electron chi connectivity index (χ3n) is 3.90. The van der Waals surface area contributed by atoms with Gasteiger partial charge in [0.1, 0.15) is 5.75 Å². The number of ether oxygens (including phenoxy) is 2. The Kier molecular flexibility index (Phi) is 5.29. The monoisotopic (exact) mass is 399 g/mol. The summed E-state index contributed by atoms with van der Waals surface area (Å²) in [7, 11) is 0. The molecule has 2 aromatic carbocycles. The lowest BCUT2D eigenvalue weighted by atomic mass is 10.2. The standard InChI is InChI=1S/C18H17N5O4S/c24-14-5-3-13(4-6-14)23-18(20-21-22-23)28-11-17(25)19-12-2-7-15-16(10-12)27-9-1-8-26-15/h2-7,10,24H,1,8-9,11H2,(H,19,25). The number of carbonyl (C=O) groups is 1. The Morgan fingerprint density at radius 3 is 2.75 bits per heavy atom. The Bertz CT molecular complexity index is 976. The number of hydrogen-bond acceptors (Lipinski definition) is 8. The van der Waals surface area contributed by atoms with E-state index in [-0.39, 0.29) is 17.4 Å². The molecule has 4 rings (SSSR count). The summed E-state index contributed by atoms with van der Waals surface area (Å²) < 4.78 is 12.7. The van der Waals surface area contributed by atoms with Crippen molar-refractivity contribution in [2.75, 3.05) is 24.3 Å². The van der Waals surface area contributed by atoms with Gasteiger partial charge in [-0.3, -0.25) is 4.79 Å². The average molecular weight is 399 g/mol. The van der Waals surface area contributed by atoms with Crippen LogP contribution >= 0.6 is 11.8 Å². The van der Waals surface area contributed by atoms with E-state index in [9.17, 15) is 9.90 Å². The zero-order valence-electron chi connectivity index (χ0n) is 14.7. The summed E-state index contributed by atoms with van der Waals surface area (Å²) in [5.41, 5.74) is 1.32. The van der Waals surface area contributed by atoms with Gasteiger partial charge < -0.3 is 19.9 Å². The zero-order valence-corrected chi connectivity index (χ0v) is 15.6. The quantitative estimate of drug-likeness (QED) is 0.629. The molecule has 1 aromatic heterocycles. The summed E-state index contributed by atoms with van der Waals surface area (Å²) in [5.74, 6) is 1.39. The fourth-order valence-corrected chi connectivity index (χ4v) is 3.28. The van der Waals surface area contributed by atoms with Gasteiger partial charge in [-0.15, -0.1) is 5.10 Å². The van der Waals surface area contributed by atoms with E-state index in [1.807, 2.05) is 0 Å². The van der Waals surface area contributed by atoms with Crippen LogP contribution in [0.25, 0.3) is 5.69 Å². The lowest BCUT2D eigenvalue weighted by Gasteiger charge is -2.10. The van der Waals surface area contributed by atoms with Gasteiger partial charge in [0, 0.05) is 18.2 Å². The number of aromatic hydroxyl groups is 1. The Balaban J connectivity index is 1.38. The van der Waals surface area contributed by atoms with Gasteiger partial charge in [-0.25, -0.2) is 0 Å². The minimum atomic E-state index is -0.195. The highest BCUT2D eigenvalue weighted by Crippen LogP contribution is 2.32. The largest absolute Gasteiger partial charge is 0.508 e. The SMILES string of the molecule is O=C(CSc1nnnn1-c1ccc(O)cc1)Nc1ccc2c(c1)OCCCO2. The molecule has 2 N–H and O–H groups in total. The second-order valence-corrected chi connectivity index (χ2v) is 6.88. The normalized spacial score (nSPS) is 13.0. The maximum atomic E-state index is 12.3. The van der Waals surface area contributed by atoms with Gasteiger partial charge in [-0.2, -0.15) is 4.68 Å². The molecule has 0 spiro atoms. The van der Waals surface area contributed by atoms with Gasteiger partial charge in [-0.1, -0.05) is 11.8 Å². The first-order valence-corrected chi connectivity index (χ1v) is 9.58. The maximum Gasteiger partial charge on any atom is 0.234 e. The van der Waals surface area contributed by atoms with Crippen molar-refractivity contribution in [3.8, 4) is 22.9 Å². The summed E-state index contributed by atoms with van der Waals surface area (Å²) in [4.78, 5) is 12.3. The van der Waals surface area contributed by atoms with Crippen LogP contribution in [0.2, 0.25) is 0 Å². The van der Waals surface area contributed by atoms with E-state index in [2.05, 4.69) is 20.8 Å². The molecule has 0 unspecified atom stereocenters. The second-order valence-electron chi connectivity index (χ2n) is 5.94. The number of aromatic nitrogens is 4. The van der Waals surface area contributed by atoms with Gasteiger partial charge in [0.15, 0.2) is 11.5 Å². The van der Waals surface area contributed by atoms with Gasteiger partial charge in [0.25, 0.3) is 0 Å². The molecule has 28 heavy (non-hydrogen) atoms. The molecule has 0 aliphatic carbocycles. The smallest absolute Gasteiger partial charge is 0.234 e. The van der Waals surface area contributed by atoms with Crippen LogP contribution in [0.1, 0.15) is 6.42 Å². The summed E-state index contributed by atoms with van der Waals surface area (Å²) >= 11 is 1.21. The lowest BCUT2D eigenvalue weighted by molar-refractivity contribution is -0.113. The van der Waals surface area contributed by atoms with E-state index in [4.69, 9.17) is 9.47 Å². The molecule has 0 atom stereocenters. The van der Waals surface area contributed by atoms with Crippen molar-refractivity contribution in [1.82, 2.24) is 20.2 Å². The molecular formula is C18H17N5O4S. The van der Waals surface area contributed by atoms with E-state index in [1.165, 1.54) is 16.4 Å². The van der Waals surface area contributed by atoms with Gasteiger partial charge in [-0.05, 0) is 46.8 Å². The number of anilines is 1. The number of tetrazole rings is 1. The fraction of sp³-hybridized carbons (Fsp3) is 0.222. The van der Waals surface area contributed by atoms with Gasteiger partial charge in [0.05, 0.1) is 24.7 Å². The Hall–Kier alpha value is -3.27. The number of rotatable bonds is 5. The minimum absolute atomic E-state index is 0.132. The van der Waals surface area contributed by atoms with Crippen molar-refractivity contribution in [1.29, 1.82) is 0 Å². The molecular weight excluding hydrogens is 382 g/mol. The molecule has 2 heterocycles. The number of thioether (sulfide) groups is 1. The molecule has 10 heteroatoms. The molecule has 144 valence electrons. The first kappa shape index (κ1) is 18.1. The molecule has 0 saturated carbocycles. The Labute approximate surface area is 164 Å². The molecule has 1 amide bonds. The van der Waals surface area contributed by atoms with Gasteiger partial charge >= 0.3 is 0 Å². The maximum absolute atomic E-state index is 12.3. The Morgan fingerprint density at radius 1 is 1.14 bits per heavy atom. The summed E-state index contributed by atoms with van der Waals surface area (Å²) in [6.07, 6.45) is 0.822. The molecule has 0 radical (unpaired) electrons. The topological polar surface area (TPSA) is 111 Å². The predicted octanol–water partition coefficient (Wildman–Crippen LogP) is 2.26. The van der Waals surface area contributed by atoms with Crippen LogP contribution in [0.5, 0.6) is 17.2 Å². The van der Waals surface area contributed by atoms with Crippen LogP contribution in [-0.2, 0) is 4.79 Å². The fourth-order valence-electron chi connectivity index (χ4n) is 2.59. The number of hydrogen-bond donors (Lipinski definition) is 2. The molecule has 9 nitrogen and oxygen atoms in total. The predicted molar refractivity (Wildman–Crippen MR) is 102 cm³/mol. The van der Waals surface area contributed by atoms with Crippen LogP contribution in [-0.4, -0.2) is 50.2 Å². The van der Waals surface area contributed by atoms with Crippen molar-refractivity contribution >= 4 is 23.4 Å². The Morgan fingerprint density at radius 2 is 1.93 bits per heavy atom. The van der Waals surface area contributed by atoms with Crippen molar-refractivity contribution in [2.24, 2.45) is 0 Å². The van der Waals surface area contributed by atoms with Crippen molar-refractivity contribution in [3.05, 3.63) is 42.5 Å². The lowest BCUT2D eigenvalue weighted by Crippen LogP contribution is -2.14. The van der Waals surface area contributed by atoms with Crippen molar-refractivity contribution < 1.29 is 19.4 Å². The zero-order chi connectivity index (χ0) is 19.3. The number of phenolic OH excluding ortho intramolecular Hbond substituents is 1. The minimum Gasteiger partial charge on any atom is -0.508 e. The second kappa shape index (κ2) is 8.17. The van der Waals surface area contributed by atoms with E-state index in [0.717, 1.165) is 6.42 Å². The van der Waals surface area contributed by atoms with Crippen molar-refractivity contribution in [3.63, 3.8) is 0 Å². The first-order chi connectivity index (χ1) is 13.7. The van der Waals surface area contributed by atoms with Crippen molar-refractivity contribution in [2.45, 2.75) is 11.6 Å². The number of amides is 1. The van der Waals surface area contributed by atoms with Crippen LogP contribution in [0.3, 0.4) is 0 Å². The molecule has 3 aromatic rings. The molecule has 0 saturated heterocycles. The van der Waals surface area contributed by atoms with E-state index >= 15 is 0 Å². The molecule has 1 aliphatic heterocycles. The van der Waals surface area contributed by atoms with Crippen LogP contribution in [0.15, 0.2) is 47.6 Å². The highest BCUT2D eigenvalue weighted by molar-refractivity contribution is 7.99. The van der Waals surface area contributed by atoms with Gasteiger partial charge in [0.2, 0.25) is 11.1 Å². The summed E-state index contributed by atoms with van der Waals surface area (Å²) in [6.45, 7) is 1.20. The molecule has 0 bridgehead atoms.